The quantitative estimate of drug-likeness (QED) is 0.800. The topological polar surface area (TPSA) is 34.6 Å². The molecule has 1 unspecified atom stereocenters. The first kappa shape index (κ1) is 15.5. The molecule has 1 fully saturated rings. The number of morpholine rings is 1. The molecule has 1 aromatic rings. The summed E-state index contributed by atoms with van der Waals surface area (Å²) < 4.78 is 11.2. The number of pyridine rings is 1. The van der Waals surface area contributed by atoms with E-state index in [-0.39, 0.29) is 11.7 Å². The van der Waals surface area contributed by atoms with Crippen LogP contribution in [0.1, 0.15) is 25.2 Å². The minimum absolute atomic E-state index is 0.0760. The molecule has 0 aliphatic carbocycles. The number of ether oxygens (including phenoxy) is 2. The van der Waals surface area contributed by atoms with Crippen LogP contribution in [0.15, 0.2) is 12.1 Å². The van der Waals surface area contributed by atoms with E-state index in [2.05, 4.69) is 23.7 Å². The number of halogens is 1. The van der Waals surface area contributed by atoms with Crippen molar-refractivity contribution in [2.24, 2.45) is 0 Å². The Labute approximate surface area is 126 Å². The Kier molecular flexibility index (Phi) is 4.89. The van der Waals surface area contributed by atoms with Crippen molar-refractivity contribution in [3.8, 4) is 5.75 Å². The van der Waals surface area contributed by atoms with E-state index >= 15 is 0 Å². The third-order valence-corrected chi connectivity index (χ3v) is 3.67. The fraction of sp³-hybridized carbons (Fsp3) is 0.667. The highest BCUT2D eigenvalue weighted by molar-refractivity contribution is 6.18. The molecule has 20 heavy (non-hydrogen) atoms. The molecular weight excluding hydrogens is 276 g/mol. The van der Waals surface area contributed by atoms with Crippen LogP contribution in [0, 0.1) is 6.92 Å². The first-order valence-electron chi connectivity index (χ1n) is 6.89. The maximum Gasteiger partial charge on any atom is 0.122 e. The lowest BCUT2D eigenvalue weighted by Gasteiger charge is -2.42. The molecule has 1 aliphatic heterocycles. The normalized spacial score (nSPS) is 22.8. The van der Waals surface area contributed by atoms with Gasteiger partial charge in [0, 0.05) is 43.3 Å². The van der Waals surface area contributed by atoms with E-state index in [1.807, 2.05) is 19.1 Å². The average molecular weight is 299 g/mol. The summed E-state index contributed by atoms with van der Waals surface area (Å²) in [4.78, 5) is 6.92. The Balaban J connectivity index is 2.10. The number of hydrogen-bond donors (Lipinski definition) is 0. The van der Waals surface area contributed by atoms with Crippen LogP contribution in [0.25, 0.3) is 0 Å². The molecule has 112 valence electrons. The molecule has 5 heteroatoms. The third-order valence-electron chi connectivity index (χ3n) is 3.33. The second-order valence-electron chi connectivity index (χ2n) is 5.96. The molecule has 2 heterocycles. The summed E-state index contributed by atoms with van der Waals surface area (Å²) in [7, 11) is 1.68. The van der Waals surface area contributed by atoms with Crippen LogP contribution in [0.4, 0.5) is 0 Å². The third kappa shape index (κ3) is 4.08. The van der Waals surface area contributed by atoms with Crippen molar-refractivity contribution < 1.29 is 9.47 Å². The Bertz CT molecular complexity index is 465. The molecule has 0 aromatic carbocycles. The molecule has 0 radical (unpaired) electrons. The van der Waals surface area contributed by atoms with Crippen molar-refractivity contribution in [1.29, 1.82) is 0 Å². The molecule has 1 aromatic heterocycles. The van der Waals surface area contributed by atoms with Gasteiger partial charge in [-0.2, -0.15) is 0 Å². The van der Waals surface area contributed by atoms with Gasteiger partial charge in [-0.1, -0.05) is 0 Å². The van der Waals surface area contributed by atoms with Crippen LogP contribution >= 0.6 is 11.6 Å². The summed E-state index contributed by atoms with van der Waals surface area (Å²) >= 11 is 5.96. The summed E-state index contributed by atoms with van der Waals surface area (Å²) in [6.07, 6.45) is 0.0760. The zero-order chi connectivity index (χ0) is 14.8. The van der Waals surface area contributed by atoms with Gasteiger partial charge in [0.1, 0.15) is 5.75 Å². The number of aryl methyl sites for hydroxylation is 1. The Morgan fingerprint density at radius 2 is 2.25 bits per heavy atom. The van der Waals surface area contributed by atoms with Gasteiger partial charge in [-0.3, -0.25) is 9.88 Å². The fourth-order valence-corrected chi connectivity index (χ4v) is 2.91. The molecule has 2 rings (SSSR count). The first-order valence-corrected chi connectivity index (χ1v) is 7.43. The summed E-state index contributed by atoms with van der Waals surface area (Å²) in [5.74, 6) is 1.37. The van der Waals surface area contributed by atoms with Gasteiger partial charge >= 0.3 is 0 Å². The standard InChI is InChI=1S/C15H23ClN2O2/c1-11-5-13(19-4)6-12(17-11)8-18-9-14(7-16)20-15(2,3)10-18/h5-6,14H,7-10H2,1-4H3. The molecular formula is C15H23ClN2O2. The molecule has 4 nitrogen and oxygen atoms in total. The van der Waals surface area contributed by atoms with Crippen molar-refractivity contribution in [2.75, 3.05) is 26.1 Å². The number of aromatic nitrogens is 1. The molecule has 0 saturated carbocycles. The van der Waals surface area contributed by atoms with Crippen LogP contribution < -0.4 is 4.74 Å². The maximum absolute atomic E-state index is 5.96. The van der Waals surface area contributed by atoms with Crippen molar-refractivity contribution in [3.63, 3.8) is 0 Å². The fourth-order valence-electron chi connectivity index (χ4n) is 2.75. The molecule has 0 amide bonds. The van der Waals surface area contributed by atoms with Gasteiger partial charge in [-0.05, 0) is 20.8 Å². The minimum atomic E-state index is -0.175. The SMILES string of the molecule is COc1cc(C)nc(CN2CC(CCl)OC(C)(C)C2)c1. The van der Waals surface area contributed by atoms with Gasteiger partial charge in [0.2, 0.25) is 0 Å². The van der Waals surface area contributed by atoms with E-state index < -0.39 is 0 Å². The number of methoxy groups -OCH3 is 1. The first-order chi connectivity index (χ1) is 9.41. The van der Waals surface area contributed by atoms with E-state index in [0.717, 1.165) is 36.8 Å². The van der Waals surface area contributed by atoms with Crippen LogP contribution in [0.5, 0.6) is 5.75 Å². The Hall–Kier alpha value is -0.840. The molecule has 0 bridgehead atoms. The van der Waals surface area contributed by atoms with Crippen LogP contribution in [0.3, 0.4) is 0 Å². The molecule has 1 atom stereocenters. The second kappa shape index (κ2) is 6.29. The maximum atomic E-state index is 5.96. The predicted octanol–water partition coefficient (Wildman–Crippen LogP) is 2.62. The van der Waals surface area contributed by atoms with Crippen LogP contribution in [0.2, 0.25) is 0 Å². The van der Waals surface area contributed by atoms with Gasteiger partial charge in [-0.15, -0.1) is 11.6 Å². The van der Waals surface area contributed by atoms with Gasteiger partial charge in [-0.25, -0.2) is 0 Å². The smallest absolute Gasteiger partial charge is 0.122 e. The summed E-state index contributed by atoms with van der Waals surface area (Å²) in [6, 6.07) is 3.93. The van der Waals surface area contributed by atoms with E-state index in [1.165, 1.54) is 0 Å². The molecule has 1 saturated heterocycles. The van der Waals surface area contributed by atoms with Gasteiger partial charge < -0.3 is 9.47 Å². The zero-order valence-corrected chi connectivity index (χ0v) is 13.4. The van der Waals surface area contributed by atoms with Gasteiger partial charge in [0.05, 0.1) is 24.5 Å². The van der Waals surface area contributed by atoms with E-state index in [4.69, 9.17) is 21.1 Å². The lowest BCUT2D eigenvalue weighted by atomic mass is 10.1. The number of hydrogen-bond acceptors (Lipinski definition) is 4. The lowest BCUT2D eigenvalue weighted by molar-refractivity contribution is -0.129. The van der Waals surface area contributed by atoms with Crippen molar-refractivity contribution in [1.82, 2.24) is 9.88 Å². The summed E-state index contributed by atoms with van der Waals surface area (Å²) in [6.45, 7) is 8.68. The van der Waals surface area contributed by atoms with E-state index in [1.54, 1.807) is 7.11 Å². The Morgan fingerprint density at radius 3 is 2.90 bits per heavy atom. The van der Waals surface area contributed by atoms with Crippen LogP contribution in [-0.4, -0.2) is 47.7 Å². The van der Waals surface area contributed by atoms with Crippen molar-refractivity contribution in [3.05, 3.63) is 23.5 Å². The van der Waals surface area contributed by atoms with E-state index in [0.29, 0.717) is 5.88 Å². The van der Waals surface area contributed by atoms with Gasteiger partial charge in [0.25, 0.3) is 0 Å². The number of rotatable bonds is 4. The number of alkyl halides is 1. The summed E-state index contributed by atoms with van der Waals surface area (Å²) in [5.41, 5.74) is 1.82. The highest BCUT2D eigenvalue weighted by Gasteiger charge is 2.33. The number of nitrogens with zero attached hydrogens (tertiary/aromatic N) is 2. The Morgan fingerprint density at radius 1 is 1.50 bits per heavy atom. The monoisotopic (exact) mass is 298 g/mol. The van der Waals surface area contributed by atoms with Crippen molar-refractivity contribution >= 4 is 11.6 Å². The highest BCUT2D eigenvalue weighted by atomic mass is 35.5. The zero-order valence-electron chi connectivity index (χ0n) is 12.6. The molecule has 0 N–H and O–H groups in total. The summed E-state index contributed by atoms with van der Waals surface area (Å²) in [5, 5.41) is 0. The molecule has 1 aliphatic rings. The van der Waals surface area contributed by atoms with Crippen molar-refractivity contribution in [2.45, 2.75) is 39.0 Å². The van der Waals surface area contributed by atoms with E-state index in [9.17, 15) is 0 Å². The highest BCUT2D eigenvalue weighted by Crippen LogP contribution is 2.23. The second-order valence-corrected chi connectivity index (χ2v) is 6.27. The average Bonchev–Trinajstić information content (AvgIpc) is 2.35. The molecule has 0 spiro atoms. The minimum Gasteiger partial charge on any atom is -0.497 e. The largest absolute Gasteiger partial charge is 0.497 e. The van der Waals surface area contributed by atoms with Crippen LogP contribution in [-0.2, 0) is 11.3 Å². The predicted molar refractivity (Wildman–Crippen MR) is 80.5 cm³/mol. The van der Waals surface area contributed by atoms with Gasteiger partial charge in [0.15, 0.2) is 0 Å². The lowest BCUT2D eigenvalue weighted by Crippen LogP contribution is -2.52.